The summed E-state index contributed by atoms with van der Waals surface area (Å²) in [6.45, 7) is 0. The van der Waals surface area contributed by atoms with Gasteiger partial charge in [-0.25, -0.2) is 0 Å². The van der Waals surface area contributed by atoms with Crippen molar-refractivity contribution in [2.75, 3.05) is 0 Å². The van der Waals surface area contributed by atoms with Crippen molar-refractivity contribution in [1.29, 1.82) is 2.86 Å². The summed E-state index contributed by atoms with van der Waals surface area (Å²) >= 11 is 0. The SMILES string of the molecule is [2H]Oc1ccc([C@@]([2H])(O)[C@@H](N)C(=O)O)cc1O[2H]. The van der Waals surface area contributed by atoms with Gasteiger partial charge in [0, 0.05) is 0 Å². The number of aliphatic carboxylic acids is 1. The molecule has 0 bridgehead atoms. The van der Waals surface area contributed by atoms with Crippen LogP contribution in [-0.4, -0.2) is 35.3 Å². The Kier molecular flexibility index (Phi) is 2.08. The van der Waals surface area contributed by atoms with Crippen LogP contribution in [0.15, 0.2) is 18.2 Å². The van der Waals surface area contributed by atoms with E-state index in [0.29, 0.717) is 0 Å². The van der Waals surface area contributed by atoms with Gasteiger partial charge < -0.3 is 26.2 Å². The van der Waals surface area contributed by atoms with Crippen molar-refractivity contribution in [1.82, 2.24) is 0 Å². The minimum absolute atomic E-state index is 0.117. The maximum atomic E-state index is 10.7. The molecule has 0 amide bonds. The second-order valence-corrected chi connectivity index (χ2v) is 2.86. The number of aliphatic hydroxyl groups is 1. The van der Waals surface area contributed by atoms with E-state index in [0.717, 1.165) is 18.2 Å². The molecule has 2 atom stereocenters. The molecule has 0 heterocycles. The molecule has 6 nitrogen and oxygen atoms in total. The van der Waals surface area contributed by atoms with Crippen molar-refractivity contribution in [3.05, 3.63) is 23.8 Å². The fourth-order valence-electron chi connectivity index (χ4n) is 0.964. The molecule has 6 heteroatoms. The van der Waals surface area contributed by atoms with Gasteiger partial charge in [0.05, 0.1) is 1.37 Å². The lowest BCUT2D eigenvalue weighted by molar-refractivity contribution is -0.141. The number of carbonyl (C=O) groups is 1. The zero-order valence-corrected chi connectivity index (χ0v) is 7.51. The molecule has 0 saturated heterocycles. The first-order valence-electron chi connectivity index (χ1n) is 5.27. The van der Waals surface area contributed by atoms with Gasteiger partial charge in [0.2, 0.25) is 0 Å². The maximum Gasteiger partial charge on any atom is 0.323 e. The number of aromatic hydroxyl groups is 2. The third kappa shape index (κ3) is 2.36. The lowest BCUT2D eigenvalue weighted by atomic mass is 10.0. The number of phenolic OH excluding ortho intramolecular Hbond substituents is 2. The highest BCUT2D eigenvalue weighted by molar-refractivity contribution is 5.74. The van der Waals surface area contributed by atoms with Crippen LogP contribution >= 0.6 is 0 Å². The Morgan fingerprint density at radius 2 is 2.13 bits per heavy atom. The summed E-state index contributed by atoms with van der Waals surface area (Å²) in [5.74, 6) is -1.92. The van der Waals surface area contributed by atoms with Crippen LogP contribution in [0, 0.1) is 0 Å². The molecule has 0 saturated carbocycles. The van der Waals surface area contributed by atoms with E-state index in [-0.39, 0.29) is 17.1 Å². The molecule has 0 aliphatic rings. The average molecular weight is 216 g/mol. The van der Waals surface area contributed by atoms with Gasteiger partial charge in [0.25, 0.3) is 2.86 Å². The van der Waals surface area contributed by atoms with E-state index in [1.54, 1.807) is 0 Å². The number of nitrogens with two attached hydrogens (primary N) is 1. The van der Waals surface area contributed by atoms with Crippen LogP contribution in [-0.2, 0) is 4.79 Å². The number of rotatable bonds is 5. The summed E-state index contributed by atoms with van der Waals surface area (Å²) in [6.07, 6.45) is -2.60. The predicted molar refractivity (Wildman–Crippen MR) is 50.3 cm³/mol. The molecule has 1 aromatic carbocycles. The minimum atomic E-state index is -2.60. The zero-order chi connectivity index (χ0) is 13.9. The van der Waals surface area contributed by atoms with Gasteiger partial charge in [0.15, 0.2) is 11.5 Å². The van der Waals surface area contributed by atoms with Crippen LogP contribution in [0.3, 0.4) is 0 Å². The Balaban J connectivity index is 3.21. The monoisotopic (exact) mass is 216 g/mol. The van der Waals surface area contributed by atoms with Crippen LogP contribution in [0.5, 0.6) is 11.5 Å². The summed E-state index contributed by atoms with van der Waals surface area (Å²) in [5, 5.41) is 26.7. The first-order chi connectivity index (χ1) is 8.34. The minimum Gasteiger partial charge on any atom is -0.504 e. The lowest BCUT2D eigenvalue weighted by Crippen LogP contribution is -2.36. The van der Waals surface area contributed by atoms with Gasteiger partial charge in [-0.1, -0.05) is 6.07 Å². The van der Waals surface area contributed by atoms with Crippen LogP contribution < -0.4 is 5.73 Å². The topological polar surface area (TPSA) is 124 Å². The Morgan fingerprint density at radius 3 is 2.67 bits per heavy atom. The number of phenols is 2. The van der Waals surface area contributed by atoms with Gasteiger partial charge >= 0.3 is 5.97 Å². The molecule has 0 unspecified atom stereocenters. The molecule has 0 aromatic heterocycles. The Morgan fingerprint density at radius 1 is 1.47 bits per heavy atom. The van der Waals surface area contributed by atoms with Crippen molar-refractivity contribution in [2.45, 2.75) is 12.1 Å². The highest BCUT2D eigenvalue weighted by Crippen LogP contribution is 2.28. The van der Waals surface area contributed by atoms with Crippen LogP contribution in [0.4, 0.5) is 0 Å². The van der Waals surface area contributed by atoms with Gasteiger partial charge in [-0.3, -0.25) is 4.79 Å². The molecule has 15 heavy (non-hydrogen) atoms. The average Bonchev–Trinajstić information content (AvgIpc) is 2.36. The quantitative estimate of drug-likeness (QED) is 0.424. The fourth-order valence-corrected chi connectivity index (χ4v) is 0.964. The number of benzene rings is 1. The Hall–Kier alpha value is -1.79. The summed E-state index contributed by atoms with van der Waals surface area (Å²) in [7, 11) is 0. The number of carboxylic acid groups (broad SMARTS) is 1. The smallest absolute Gasteiger partial charge is 0.323 e. The third-order valence-corrected chi connectivity index (χ3v) is 1.80. The van der Waals surface area contributed by atoms with Gasteiger partial charge in [0.1, 0.15) is 12.1 Å². The summed E-state index contributed by atoms with van der Waals surface area (Å²) in [6, 6.07) is 1.44. The van der Waals surface area contributed by atoms with Crippen molar-refractivity contribution in [2.24, 2.45) is 5.73 Å². The van der Waals surface area contributed by atoms with E-state index in [1.165, 1.54) is 0 Å². The van der Waals surface area contributed by atoms with Gasteiger partial charge in [-0.05, 0) is 17.7 Å². The van der Waals surface area contributed by atoms with E-state index >= 15 is 0 Å². The standard InChI is InChI=1S/C9H11NO5/c10-7(9(14)15)8(13)4-1-2-5(11)6(12)3-4/h1-3,7-8,11-13H,10H2,(H,14,15)/t7-,8-/m1/s1/i8D/hD2. The molecular formula is C9H11NO5. The van der Waals surface area contributed by atoms with E-state index in [2.05, 4.69) is 10.2 Å². The van der Waals surface area contributed by atoms with Gasteiger partial charge in [-0.15, -0.1) is 0 Å². The highest BCUT2D eigenvalue weighted by Gasteiger charge is 2.24. The summed E-state index contributed by atoms with van der Waals surface area (Å²) in [5.41, 5.74) is 5.00. The third-order valence-electron chi connectivity index (χ3n) is 1.80. The molecule has 0 aliphatic heterocycles. The second kappa shape index (κ2) is 4.16. The van der Waals surface area contributed by atoms with E-state index < -0.39 is 18.1 Å². The van der Waals surface area contributed by atoms with Crippen LogP contribution in [0.2, 0.25) is 0 Å². The normalized spacial score (nSPS) is 18.9. The largest absolute Gasteiger partial charge is 0.504 e. The number of hydrogen-bond donors (Lipinski definition) is 5. The zero-order valence-electron chi connectivity index (χ0n) is 10.5. The first kappa shape index (κ1) is 7.49. The molecule has 0 spiro atoms. The first-order valence-corrected chi connectivity index (χ1v) is 3.96. The lowest BCUT2D eigenvalue weighted by Gasteiger charge is -2.15. The highest BCUT2D eigenvalue weighted by atomic mass is 16.4. The molecule has 1 aromatic rings. The maximum absolute atomic E-state index is 10.7. The molecule has 0 aliphatic carbocycles. The van der Waals surface area contributed by atoms with E-state index in [9.17, 15) is 9.90 Å². The predicted octanol–water partition coefficient (Wildman–Crippen LogP) is -0.457. The Labute approximate surface area is 89.6 Å². The Bertz CT molecular complexity index is 454. The number of hydrogen-bond acceptors (Lipinski definition) is 5. The van der Waals surface area contributed by atoms with Crippen molar-refractivity contribution in [3.63, 3.8) is 0 Å². The molecule has 0 fully saturated rings. The van der Waals surface area contributed by atoms with Gasteiger partial charge in [-0.2, -0.15) is 0 Å². The number of carboxylic acids is 1. The van der Waals surface area contributed by atoms with Crippen molar-refractivity contribution < 1.29 is 26.6 Å². The van der Waals surface area contributed by atoms with E-state index in [1.807, 2.05) is 0 Å². The second-order valence-electron chi connectivity index (χ2n) is 2.86. The molecule has 0 radical (unpaired) electrons. The fraction of sp³-hybridized carbons (Fsp3) is 0.222. The molecule has 6 N–H and O–H groups in total. The molecular weight excluding hydrogens is 202 g/mol. The van der Waals surface area contributed by atoms with Crippen molar-refractivity contribution in [3.8, 4) is 11.5 Å². The van der Waals surface area contributed by atoms with Crippen LogP contribution in [0.1, 0.15) is 13.0 Å². The van der Waals surface area contributed by atoms with E-state index in [4.69, 9.17) is 15.1 Å². The molecule has 82 valence electrons. The summed E-state index contributed by atoms with van der Waals surface area (Å²) in [4.78, 5) is 10.7. The summed E-state index contributed by atoms with van der Waals surface area (Å²) < 4.78 is 21.0. The molecule has 1 rings (SSSR count). The van der Waals surface area contributed by atoms with Crippen molar-refractivity contribution >= 4 is 5.97 Å². The van der Waals surface area contributed by atoms with Crippen LogP contribution in [0.25, 0.3) is 0 Å².